The summed E-state index contributed by atoms with van der Waals surface area (Å²) in [5.74, 6) is 0.356. The lowest BCUT2D eigenvalue weighted by Gasteiger charge is -2.21. The number of hydrogen-bond acceptors (Lipinski definition) is 4. The number of anilines is 2. The van der Waals surface area contributed by atoms with Crippen molar-refractivity contribution in [3.8, 4) is 17.2 Å². The molecule has 0 bridgehead atoms. The zero-order valence-corrected chi connectivity index (χ0v) is 13.1. The van der Waals surface area contributed by atoms with Gasteiger partial charge in [0.25, 0.3) is 0 Å². The Labute approximate surface area is 131 Å². The summed E-state index contributed by atoms with van der Waals surface area (Å²) in [6.07, 6.45) is 4.21. The fraction of sp³-hybridized carbons (Fsp3) is 0.333. The van der Waals surface area contributed by atoms with Crippen LogP contribution in [0.5, 0.6) is 0 Å². The second-order valence-electron chi connectivity index (χ2n) is 5.93. The molecule has 0 atom stereocenters. The van der Waals surface area contributed by atoms with Gasteiger partial charge in [-0.25, -0.2) is 4.98 Å². The molecular weight excluding hydrogens is 272 g/mol. The van der Waals surface area contributed by atoms with Crippen molar-refractivity contribution >= 4 is 11.5 Å². The number of fused-ring (bicyclic) bond motifs is 1. The first-order valence-corrected chi connectivity index (χ1v) is 7.61. The van der Waals surface area contributed by atoms with Crippen LogP contribution in [0.25, 0.3) is 11.1 Å². The van der Waals surface area contributed by atoms with Crippen molar-refractivity contribution in [2.24, 2.45) is 0 Å². The van der Waals surface area contributed by atoms with Crippen LogP contribution in [0.3, 0.4) is 0 Å². The summed E-state index contributed by atoms with van der Waals surface area (Å²) in [5.41, 5.74) is 12.0. The topological polar surface area (TPSA) is 65.9 Å². The molecule has 0 unspecified atom stereocenters. The first-order valence-electron chi connectivity index (χ1n) is 7.61. The molecule has 4 nitrogen and oxygen atoms in total. The maximum atomic E-state index is 9.53. The van der Waals surface area contributed by atoms with Gasteiger partial charge in [-0.05, 0) is 48.9 Å². The minimum absolute atomic E-state index is 0.356. The normalized spacial score (nSPS) is 13.3. The van der Waals surface area contributed by atoms with E-state index >= 15 is 0 Å². The molecule has 0 saturated heterocycles. The van der Waals surface area contributed by atoms with Gasteiger partial charge in [0.05, 0.1) is 0 Å². The molecule has 4 heteroatoms. The molecule has 0 spiro atoms. The second kappa shape index (κ2) is 5.69. The van der Waals surface area contributed by atoms with Gasteiger partial charge in [-0.1, -0.05) is 12.1 Å². The number of aromatic nitrogens is 1. The summed E-state index contributed by atoms with van der Waals surface area (Å²) in [7, 11) is 4.03. The molecular formula is C18H20N4. The van der Waals surface area contributed by atoms with E-state index in [1.807, 2.05) is 14.1 Å². The predicted octanol–water partition coefficient (Wildman–Crippen LogP) is 3.15. The molecule has 1 aromatic heterocycles. The van der Waals surface area contributed by atoms with Crippen molar-refractivity contribution in [3.63, 3.8) is 0 Å². The Balaban J connectivity index is 2.20. The van der Waals surface area contributed by atoms with E-state index in [9.17, 15) is 5.26 Å². The molecule has 112 valence electrons. The molecule has 2 N–H and O–H groups in total. The highest BCUT2D eigenvalue weighted by molar-refractivity contribution is 5.80. The third-order valence-electron chi connectivity index (χ3n) is 4.29. The Kier molecular flexibility index (Phi) is 3.72. The second-order valence-corrected chi connectivity index (χ2v) is 5.93. The summed E-state index contributed by atoms with van der Waals surface area (Å²) in [4.78, 5) is 6.52. The first kappa shape index (κ1) is 14.4. The molecule has 1 aliphatic carbocycles. The molecule has 1 aliphatic rings. The van der Waals surface area contributed by atoms with Gasteiger partial charge in [0.1, 0.15) is 17.5 Å². The number of aryl methyl sites for hydroxylation is 1. The van der Waals surface area contributed by atoms with E-state index in [1.165, 1.54) is 5.56 Å². The third kappa shape index (κ3) is 2.39. The lowest BCUT2D eigenvalue weighted by atomic mass is 9.86. The van der Waals surface area contributed by atoms with Gasteiger partial charge in [0.15, 0.2) is 0 Å². The molecule has 3 rings (SSSR count). The predicted molar refractivity (Wildman–Crippen MR) is 89.8 cm³/mol. The smallest absolute Gasteiger partial charge is 0.142 e. The fourth-order valence-electron chi connectivity index (χ4n) is 3.12. The number of nitrogens with zero attached hydrogens (tertiary/aromatic N) is 3. The molecule has 0 saturated carbocycles. The average molecular weight is 292 g/mol. The van der Waals surface area contributed by atoms with E-state index in [0.29, 0.717) is 11.4 Å². The Morgan fingerprint density at radius 1 is 1.14 bits per heavy atom. The zero-order chi connectivity index (χ0) is 15.7. The molecule has 1 aromatic carbocycles. The third-order valence-corrected chi connectivity index (χ3v) is 4.29. The van der Waals surface area contributed by atoms with Crippen LogP contribution in [0.1, 0.15) is 29.7 Å². The number of nitrogen functional groups attached to an aromatic ring is 1. The zero-order valence-electron chi connectivity index (χ0n) is 13.1. The minimum Gasteiger partial charge on any atom is -0.383 e. The highest BCUT2D eigenvalue weighted by atomic mass is 15.1. The van der Waals surface area contributed by atoms with E-state index in [0.717, 1.165) is 48.2 Å². The Morgan fingerprint density at radius 2 is 1.82 bits per heavy atom. The summed E-state index contributed by atoms with van der Waals surface area (Å²) >= 11 is 0. The summed E-state index contributed by atoms with van der Waals surface area (Å²) in [5, 5.41) is 9.53. The van der Waals surface area contributed by atoms with Crippen molar-refractivity contribution in [2.45, 2.75) is 25.7 Å². The summed E-state index contributed by atoms with van der Waals surface area (Å²) in [6, 6.07) is 10.5. The lowest BCUT2D eigenvalue weighted by Crippen LogP contribution is -2.12. The minimum atomic E-state index is 0.356. The highest BCUT2D eigenvalue weighted by Crippen LogP contribution is 2.36. The number of benzene rings is 1. The van der Waals surface area contributed by atoms with Crippen molar-refractivity contribution in [1.82, 2.24) is 4.98 Å². The van der Waals surface area contributed by atoms with Crippen LogP contribution in [0.15, 0.2) is 24.3 Å². The molecule has 0 fully saturated rings. The van der Waals surface area contributed by atoms with Gasteiger partial charge < -0.3 is 10.6 Å². The lowest BCUT2D eigenvalue weighted by molar-refractivity contribution is 0.670. The van der Waals surface area contributed by atoms with Crippen molar-refractivity contribution in [2.75, 3.05) is 24.7 Å². The largest absolute Gasteiger partial charge is 0.383 e. The molecule has 2 aromatic rings. The molecule has 1 heterocycles. The Hall–Kier alpha value is -2.54. The molecule has 0 aliphatic heterocycles. The molecule has 0 amide bonds. The van der Waals surface area contributed by atoms with Crippen LogP contribution in [0.4, 0.5) is 11.5 Å². The van der Waals surface area contributed by atoms with Crippen LogP contribution in [0.2, 0.25) is 0 Å². The Bertz CT molecular complexity index is 739. The maximum absolute atomic E-state index is 9.53. The van der Waals surface area contributed by atoms with Gasteiger partial charge in [0.2, 0.25) is 0 Å². The molecule has 22 heavy (non-hydrogen) atoms. The summed E-state index contributed by atoms with van der Waals surface area (Å²) in [6.45, 7) is 0. The van der Waals surface area contributed by atoms with Crippen molar-refractivity contribution < 1.29 is 0 Å². The number of nitriles is 1. The van der Waals surface area contributed by atoms with Crippen LogP contribution in [0, 0.1) is 11.3 Å². The fourth-order valence-corrected chi connectivity index (χ4v) is 3.12. The van der Waals surface area contributed by atoms with Crippen LogP contribution < -0.4 is 10.6 Å². The standard InChI is InChI=1S/C18H20N4/c1-22(2)13-9-7-12(8-10-13)17-14-5-3-4-6-16(14)21-18(20)15(17)11-19/h7-10H,3-6H2,1-2H3,(H2,20,21). The number of nitrogens with two attached hydrogens (primary N) is 1. The highest BCUT2D eigenvalue weighted by Gasteiger charge is 2.21. The van der Waals surface area contributed by atoms with Crippen LogP contribution in [-0.4, -0.2) is 19.1 Å². The van der Waals surface area contributed by atoms with E-state index < -0.39 is 0 Å². The van der Waals surface area contributed by atoms with E-state index in [4.69, 9.17) is 5.73 Å². The average Bonchev–Trinajstić information content (AvgIpc) is 2.53. The molecule has 0 radical (unpaired) electrons. The maximum Gasteiger partial charge on any atom is 0.142 e. The van der Waals surface area contributed by atoms with Gasteiger partial charge in [-0.3, -0.25) is 0 Å². The van der Waals surface area contributed by atoms with E-state index in [-0.39, 0.29) is 0 Å². The number of pyridine rings is 1. The van der Waals surface area contributed by atoms with Crippen molar-refractivity contribution in [3.05, 3.63) is 41.1 Å². The first-order chi connectivity index (χ1) is 10.6. The van der Waals surface area contributed by atoms with Gasteiger partial charge in [-0.15, -0.1) is 0 Å². The number of rotatable bonds is 2. The quantitative estimate of drug-likeness (QED) is 0.923. The van der Waals surface area contributed by atoms with E-state index in [1.54, 1.807) is 0 Å². The summed E-state index contributed by atoms with van der Waals surface area (Å²) < 4.78 is 0. The monoisotopic (exact) mass is 292 g/mol. The van der Waals surface area contributed by atoms with E-state index in [2.05, 4.69) is 40.2 Å². The van der Waals surface area contributed by atoms with Crippen LogP contribution in [-0.2, 0) is 12.8 Å². The van der Waals surface area contributed by atoms with Crippen molar-refractivity contribution in [1.29, 1.82) is 5.26 Å². The SMILES string of the molecule is CN(C)c1ccc(-c2c(C#N)c(N)nc3c2CCCC3)cc1. The van der Waals surface area contributed by atoms with Gasteiger partial charge >= 0.3 is 0 Å². The van der Waals surface area contributed by atoms with Gasteiger partial charge in [0, 0.05) is 31.0 Å². The van der Waals surface area contributed by atoms with Crippen LogP contribution >= 0.6 is 0 Å². The van der Waals surface area contributed by atoms with Gasteiger partial charge in [-0.2, -0.15) is 5.26 Å². The Morgan fingerprint density at radius 3 is 2.45 bits per heavy atom. The number of hydrogen-bond donors (Lipinski definition) is 1.